The Morgan fingerprint density at radius 3 is 2.60 bits per heavy atom. The molecule has 1 saturated heterocycles. The van der Waals surface area contributed by atoms with Gasteiger partial charge in [-0.25, -0.2) is 0 Å². The largest absolute Gasteiger partial charge is 0.416 e. The van der Waals surface area contributed by atoms with Crippen molar-refractivity contribution >= 4 is 17.5 Å². The maximum Gasteiger partial charge on any atom is 0.416 e. The number of alkyl halides is 3. The molecule has 2 amide bonds. The molecule has 1 fully saturated rings. The Labute approximate surface area is 113 Å². The van der Waals surface area contributed by atoms with Crippen LogP contribution in [0.2, 0.25) is 0 Å². The van der Waals surface area contributed by atoms with Gasteiger partial charge >= 0.3 is 6.18 Å². The first kappa shape index (κ1) is 14.4. The fourth-order valence-corrected chi connectivity index (χ4v) is 2.05. The van der Waals surface area contributed by atoms with Gasteiger partial charge in [0.15, 0.2) is 0 Å². The van der Waals surface area contributed by atoms with Gasteiger partial charge in [-0.15, -0.1) is 0 Å². The molecule has 20 heavy (non-hydrogen) atoms. The van der Waals surface area contributed by atoms with Crippen molar-refractivity contribution in [1.29, 1.82) is 0 Å². The highest BCUT2D eigenvalue weighted by atomic mass is 19.4. The summed E-state index contributed by atoms with van der Waals surface area (Å²) < 4.78 is 38.6. The van der Waals surface area contributed by atoms with Gasteiger partial charge in [0.05, 0.1) is 12.1 Å². The van der Waals surface area contributed by atoms with Crippen molar-refractivity contribution in [3.05, 3.63) is 29.3 Å². The molecule has 2 rings (SSSR count). The highest BCUT2D eigenvalue weighted by Crippen LogP contribution is 2.34. The highest BCUT2D eigenvalue weighted by molar-refractivity contribution is 5.98. The monoisotopic (exact) mass is 286 g/mol. The molecule has 0 atom stereocenters. The number of anilines is 1. The van der Waals surface area contributed by atoms with E-state index >= 15 is 0 Å². The number of amides is 2. The van der Waals surface area contributed by atoms with E-state index in [1.165, 1.54) is 24.0 Å². The maximum atomic E-state index is 12.9. The lowest BCUT2D eigenvalue weighted by atomic mass is 10.1. The van der Waals surface area contributed by atoms with Gasteiger partial charge < -0.3 is 10.2 Å². The van der Waals surface area contributed by atoms with Crippen molar-refractivity contribution in [3.63, 3.8) is 0 Å². The van der Waals surface area contributed by atoms with Crippen LogP contribution in [0, 0.1) is 6.92 Å². The predicted molar refractivity (Wildman–Crippen MR) is 66.2 cm³/mol. The summed E-state index contributed by atoms with van der Waals surface area (Å²) in [5.41, 5.74) is -0.520. The molecule has 4 nitrogen and oxygen atoms in total. The van der Waals surface area contributed by atoms with E-state index in [0.29, 0.717) is 0 Å². The van der Waals surface area contributed by atoms with Crippen LogP contribution in [0.1, 0.15) is 17.5 Å². The summed E-state index contributed by atoms with van der Waals surface area (Å²) in [4.78, 5) is 24.3. The van der Waals surface area contributed by atoms with Crippen molar-refractivity contribution < 1.29 is 22.8 Å². The van der Waals surface area contributed by atoms with E-state index < -0.39 is 17.6 Å². The highest BCUT2D eigenvalue weighted by Gasteiger charge is 2.33. The van der Waals surface area contributed by atoms with Crippen LogP contribution in [0.3, 0.4) is 0 Å². The molecule has 1 aromatic carbocycles. The van der Waals surface area contributed by atoms with Crippen LogP contribution in [0.5, 0.6) is 0 Å². The number of hydrogen-bond acceptors (Lipinski definition) is 2. The number of hydrogen-bond donors (Lipinski definition) is 1. The van der Waals surface area contributed by atoms with Crippen molar-refractivity contribution in [1.82, 2.24) is 5.32 Å². The Kier molecular flexibility index (Phi) is 3.69. The molecule has 0 aromatic heterocycles. The van der Waals surface area contributed by atoms with Gasteiger partial charge in [-0.2, -0.15) is 13.2 Å². The zero-order valence-corrected chi connectivity index (χ0v) is 10.8. The number of nitrogens with one attached hydrogen (secondary N) is 1. The Hall–Kier alpha value is -2.05. The average molecular weight is 286 g/mol. The van der Waals surface area contributed by atoms with E-state index in [9.17, 15) is 22.8 Å². The number of aryl methyl sites for hydroxylation is 1. The van der Waals surface area contributed by atoms with Crippen LogP contribution < -0.4 is 10.2 Å². The van der Waals surface area contributed by atoms with Gasteiger partial charge in [0, 0.05) is 18.7 Å². The number of carbonyl (C=O) groups excluding carboxylic acids is 2. The third-order valence-electron chi connectivity index (χ3n) is 3.14. The summed E-state index contributed by atoms with van der Waals surface area (Å²) in [6.45, 7) is 1.24. The minimum absolute atomic E-state index is 0.0704. The minimum atomic E-state index is -4.47. The van der Waals surface area contributed by atoms with Crippen molar-refractivity contribution in [3.8, 4) is 0 Å². The van der Waals surface area contributed by atoms with Crippen molar-refractivity contribution in [2.75, 3.05) is 18.0 Å². The van der Waals surface area contributed by atoms with Crippen LogP contribution in [0.15, 0.2) is 18.2 Å². The molecule has 108 valence electrons. The first-order chi connectivity index (χ1) is 9.29. The Morgan fingerprint density at radius 2 is 1.95 bits per heavy atom. The number of benzene rings is 1. The number of nitrogens with zero attached hydrogens (tertiary/aromatic N) is 1. The lowest BCUT2D eigenvalue weighted by Crippen LogP contribution is -2.35. The van der Waals surface area contributed by atoms with Gasteiger partial charge in [0.2, 0.25) is 11.8 Å². The molecule has 0 aliphatic carbocycles. The Morgan fingerprint density at radius 1 is 1.25 bits per heavy atom. The molecule has 7 heteroatoms. The molecule has 1 heterocycles. The summed E-state index contributed by atoms with van der Waals surface area (Å²) in [7, 11) is 0. The van der Waals surface area contributed by atoms with E-state index in [1.807, 2.05) is 0 Å². The summed E-state index contributed by atoms with van der Waals surface area (Å²) in [5, 5.41) is 2.40. The molecule has 1 N–H and O–H groups in total. The minimum Gasteiger partial charge on any atom is -0.347 e. The average Bonchev–Trinajstić information content (AvgIpc) is 2.52. The summed E-state index contributed by atoms with van der Waals surface area (Å²) in [6.07, 6.45) is -4.40. The van der Waals surface area contributed by atoms with Gasteiger partial charge in [-0.05, 0) is 24.6 Å². The van der Waals surface area contributed by atoms with Gasteiger partial charge in [-0.3, -0.25) is 9.59 Å². The van der Waals surface area contributed by atoms with Gasteiger partial charge in [-0.1, -0.05) is 6.07 Å². The summed E-state index contributed by atoms with van der Waals surface area (Å²) in [6, 6.07) is 3.73. The number of rotatable bonds is 1. The van der Waals surface area contributed by atoms with E-state index in [-0.39, 0.29) is 36.7 Å². The second-order valence-corrected chi connectivity index (χ2v) is 4.57. The fourth-order valence-electron chi connectivity index (χ4n) is 2.05. The molecule has 1 aliphatic rings. The second-order valence-electron chi connectivity index (χ2n) is 4.57. The smallest absolute Gasteiger partial charge is 0.347 e. The molecule has 0 radical (unpaired) electrons. The van der Waals surface area contributed by atoms with Crippen LogP contribution in [0.4, 0.5) is 18.9 Å². The van der Waals surface area contributed by atoms with Crippen LogP contribution >= 0.6 is 0 Å². The zero-order valence-electron chi connectivity index (χ0n) is 10.8. The van der Waals surface area contributed by atoms with Gasteiger partial charge in [0.25, 0.3) is 0 Å². The SMILES string of the molecule is Cc1ccc(N2CCC(=O)NCC2=O)cc1C(F)(F)F. The topological polar surface area (TPSA) is 49.4 Å². The second kappa shape index (κ2) is 5.15. The van der Waals surface area contributed by atoms with Crippen LogP contribution in [-0.2, 0) is 15.8 Å². The first-order valence-corrected chi connectivity index (χ1v) is 6.04. The standard InChI is InChI=1S/C13H13F3N2O2/c1-8-2-3-9(6-10(8)13(14,15)16)18-5-4-11(19)17-7-12(18)20/h2-3,6H,4-5,7H2,1H3,(H,17,19). The first-order valence-electron chi connectivity index (χ1n) is 6.04. The third-order valence-corrected chi connectivity index (χ3v) is 3.14. The van der Waals surface area contributed by atoms with Crippen molar-refractivity contribution in [2.24, 2.45) is 0 Å². The van der Waals surface area contributed by atoms with Crippen LogP contribution in [-0.4, -0.2) is 24.9 Å². The molecule has 1 aliphatic heterocycles. The normalized spacial score (nSPS) is 16.9. The van der Waals surface area contributed by atoms with E-state index in [0.717, 1.165) is 6.07 Å². The maximum absolute atomic E-state index is 12.9. The van der Waals surface area contributed by atoms with E-state index in [2.05, 4.69) is 5.32 Å². The van der Waals surface area contributed by atoms with E-state index in [4.69, 9.17) is 0 Å². The lowest BCUT2D eigenvalue weighted by molar-refractivity contribution is -0.138. The van der Waals surface area contributed by atoms with Gasteiger partial charge in [0.1, 0.15) is 0 Å². The van der Waals surface area contributed by atoms with Crippen LogP contribution in [0.25, 0.3) is 0 Å². The molecule has 0 unspecified atom stereocenters. The zero-order chi connectivity index (χ0) is 14.9. The predicted octanol–water partition coefficient (Wildman–Crippen LogP) is 1.87. The Bertz CT molecular complexity index is 555. The molecule has 0 saturated carbocycles. The number of halogens is 3. The third kappa shape index (κ3) is 2.92. The molecular formula is C13H13F3N2O2. The van der Waals surface area contributed by atoms with E-state index in [1.54, 1.807) is 0 Å². The molecule has 0 bridgehead atoms. The molecular weight excluding hydrogens is 273 g/mol. The lowest BCUT2D eigenvalue weighted by Gasteiger charge is -2.22. The fraction of sp³-hybridized carbons (Fsp3) is 0.385. The van der Waals surface area contributed by atoms with Crippen molar-refractivity contribution in [2.45, 2.75) is 19.5 Å². The quantitative estimate of drug-likeness (QED) is 0.856. The summed E-state index contributed by atoms with van der Waals surface area (Å²) in [5.74, 6) is -0.711. The molecule has 1 aromatic rings. The molecule has 0 spiro atoms. The Balaban J connectivity index is 2.37. The number of carbonyl (C=O) groups is 2. The summed E-state index contributed by atoms with van der Waals surface area (Å²) >= 11 is 0.